The SMILES string of the molecule is CN=C(NCc1cccc(C)c1)NC(C)C(C)C. The zero-order valence-corrected chi connectivity index (χ0v) is 12.1. The predicted octanol–water partition coefficient (Wildman–Crippen LogP) is 2.70. The van der Waals surface area contributed by atoms with Crippen molar-refractivity contribution in [2.75, 3.05) is 7.05 Å². The lowest BCUT2D eigenvalue weighted by Gasteiger charge is -2.20. The van der Waals surface area contributed by atoms with Gasteiger partial charge in [0.25, 0.3) is 0 Å². The number of benzene rings is 1. The Bertz CT molecular complexity index is 396. The van der Waals surface area contributed by atoms with Crippen LogP contribution < -0.4 is 10.6 Å². The van der Waals surface area contributed by atoms with Crippen LogP contribution in [-0.4, -0.2) is 19.0 Å². The van der Waals surface area contributed by atoms with Crippen molar-refractivity contribution in [3.63, 3.8) is 0 Å². The van der Waals surface area contributed by atoms with Crippen molar-refractivity contribution < 1.29 is 0 Å². The molecule has 1 aromatic carbocycles. The van der Waals surface area contributed by atoms with E-state index in [-0.39, 0.29) is 0 Å². The summed E-state index contributed by atoms with van der Waals surface area (Å²) in [7, 11) is 1.80. The zero-order valence-electron chi connectivity index (χ0n) is 12.1. The molecule has 0 aromatic heterocycles. The van der Waals surface area contributed by atoms with Gasteiger partial charge in [-0.15, -0.1) is 0 Å². The molecule has 0 aliphatic rings. The summed E-state index contributed by atoms with van der Waals surface area (Å²) in [4.78, 5) is 4.24. The Morgan fingerprint density at radius 3 is 2.56 bits per heavy atom. The second-order valence-electron chi connectivity index (χ2n) is 5.09. The van der Waals surface area contributed by atoms with E-state index in [2.05, 4.69) is 67.6 Å². The van der Waals surface area contributed by atoms with Crippen LogP contribution in [0.25, 0.3) is 0 Å². The van der Waals surface area contributed by atoms with Crippen LogP contribution >= 0.6 is 0 Å². The van der Waals surface area contributed by atoms with Gasteiger partial charge >= 0.3 is 0 Å². The summed E-state index contributed by atoms with van der Waals surface area (Å²) in [6.45, 7) is 9.48. The molecule has 0 aliphatic carbocycles. The Morgan fingerprint density at radius 1 is 1.28 bits per heavy atom. The average molecular weight is 247 g/mol. The van der Waals surface area contributed by atoms with Crippen LogP contribution in [-0.2, 0) is 6.54 Å². The van der Waals surface area contributed by atoms with Crippen molar-refractivity contribution in [3.05, 3.63) is 35.4 Å². The van der Waals surface area contributed by atoms with E-state index in [1.54, 1.807) is 7.05 Å². The summed E-state index contributed by atoms with van der Waals surface area (Å²) in [6.07, 6.45) is 0. The summed E-state index contributed by atoms with van der Waals surface area (Å²) >= 11 is 0. The topological polar surface area (TPSA) is 36.4 Å². The number of guanidine groups is 1. The predicted molar refractivity (Wildman–Crippen MR) is 78.8 cm³/mol. The van der Waals surface area contributed by atoms with Gasteiger partial charge in [0.05, 0.1) is 0 Å². The molecule has 3 heteroatoms. The molecule has 1 unspecified atom stereocenters. The molecule has 0 amide bonds. The molecule has 0 radical (unpaired) electrons. The smallest absolute Gasteiger partial charge is 0.191 e. The lowest BCUT2D eigenvalue weighted by molar-refractivity contribution is 0.481. The third-order valence-corrected chi connectivity index (χ3v) is 3.13. The number of nitrogens with zero attached hydrogens (tertiary/aromatic N) is 1. The highest BCUT2D eigenvalue weighted by molar-refractivity contribution is 5.79. The first kappa shape index (κ1) is 14.6. The quantitative estimate of drug-likeness (QED) is 0.634. The molecular weight excluding hydrogens is 222 g/mol. The second kappa shape index (κ2) is 7.04. The Hall–Kier alpha value is -1.51. The molecule has 1 rings (SSSR count). The van der Waals surface area contributed by atoms with Crippen LogP contribution in [0.15, 0.2) is 29.3 Å². The number of nitrogens with one attached hydrogen (secondary N) is 2. The van der Waals surface area contributed by atoms with Gasteiger partial charge < -0.3 is 10.6 Å². The summed E-state index contributed by atoms with van der Waals surface area (Å²) in [5, 5.41) is 6.73. The van der Waals surface area contributed by atoms with E-state index in [1.165, 1.54) is 11.1 Å². The minimum absolute atomic E-state index is 0.411. The van der Waals surface area contributed by atoms with Gasteiger partial charge in [0, 0.05) is 19.6 Å². The zero-order chi connectivity index (χ0) is 13.5. The van der Waals surface area contributed by atoms with E-state index in [9.17, 15) is 0 Å². The van der Waals surface area contributed by atoms with E-state index >= 15 is 0 Å². The van der Waals surface area contributed by atoms with E-state index < -0.39 is 0 Å². The lowest BCUT2D eigenvalue weighted by Crippen LogP contribution is -2.43. The molecule has 1 atom stereocenters. The minimum atomic E-state index is 0.411. The normalized spacial score (nSPS) is 13.6. The minimum Gasteiger partial charge on any atom is -0.354 e. The van der Waals surface area contributed by atoms with Crippen LogP contribution in [0.1, 0.15) is 31.9 Å². The number of hydrogen-bond donors (Lipinski definition) is 2. The third-order valence-electron chi connectivity index (χ3n) is 3.13. The molecule has 2 N–H and O–H groups in total. The van der Waals surface area contributed by atoms with Gasteiger partial charge in [0.2, 0.25) is 0 Å². The fourth-order valence-corrected chi connectivity index (χ4v) is 1.58. The molecular formula is C15H25N3. The largest absolute Gasteiger partial charge is 0.354 e. The summed E-state index contributed by atoms with van der Waals surface area (Å²) in [6, 6.07) is 8.91. The first-order valence-corrected chi connectivity index (χ1v) is 6.55. The molecule has 0 heterocycles. The highest BCUT2D eigenvalue weighted by atomic mass is 15.2. The van der Waals surface area contributed by atoms with Crippen LogP contribution in [0.5, 0.6) is 0 Å². The average Bonchev–Trinajstić information content (AvgIpc) is 2.34. The standard InChI is InChI=1S/C15H25N3/c1-11(2)13(4)18-15(16-5)17-10-14-8-6-7-12(3)9-14/h6-9,11,13H,10H2,1-5H3,(H2,16,17,18). The van der Waals surface area contributed by atoms with Crippen molar-refractivity contribution in [1.29, 1.82) is 0 Å². The number of aliphatic imine (C=N–C) groups is 1. The van der Waals surface area contributed by atoms with E-state index in [4.69, 9.17) is 0 Å². The maximum Gasteiger partial charge on any atom is 0.191 e. The van der Waals surface area contributed by atoms with Gasteiger partial charge in [-0.3, -0.25) is 4.99 Å². The molecule has 0 spiro atoms. The molecule has 0 aliphatic heterocycles. The first-order chi connectivity index (χ1) is 8.52. The summed E-state index contributed by atoms with van der Waals surface area (Å²) < 4.78 is 0. The summed E-state index contributed by atoms with van der Waals surface area (Å²) in [5.74, 6) is 1.44. The fourth-order valence-electron chi connectivity index (χ4n) is 1.58. The highest BCUT2D eigenvalue weighted by Gasteiger charge is 2.08. The Kier molecular flexibility index (Phi) is 5.69. The van der Waals surface area contributed by atoms with Crippen LogP contribution in [0, 0.1) is 12.8 Å². The van der Waals surface area contributed by atoms with Gasteiger partial charge in [0.1, 0.15) is 0 Å². The monoisotopic (exact) mass is 247 g/mol. The molecule has 0 fully saturated rings. The van der Waals surface area contributed by atoms with Gasteiger partial charge in [-0.1, -0.05) is 43.7 Å². The lowest BCUT2D eigenvalue weighted by atomic mass is 10.1. The Balaban J connectivity index is 2.50. The van der Waals surface area contributed by atoms with Crippen molar-refractivity contribution in [2.45, 2.75) is 40.3 Å². The van der Waals surface area contributed by atoms with Crippen molar-refractivity contribution in [1.82, 2.24) is 10.6 Å². The van der Waals surface area contributed by atoms with Gasteiger partial charge in [0.15, 0.2) is 5.96 Å². The molecule has 0 bridgehead atoms. The van der Waals surface area contributed by atoms with Crippen molar-refractivity contribution >= 4 is 5.96 Å². The Morgan fingerprint density at radius 2 is 2.00 bits per heavy atom. The molecule has 18 heavy (non-hydrogen) atoms. The fraction of sp³-hybridized carbons (Fsp3) is 0.533. The van der Waals surface area contributed by atoms with Crippen molar-refractivity contribution in [2.24, 2.45) is 10.9 Å². The number of rotatable bonds is 4. The van der Waals surface area contributed by atoms with E-state index in [1.807, 2.05) is 0 Å². The maximum atomic E-state index is 4.24. The molecule has 3 nitrogen and oxygen atoms in total. The molecule has 1 aromatic rings. The highest BCUT2D eigenvalue weighted by Crippen LogP contribution is 2.03. The van der Waals surface area contributed by atoms with Crippen LogP contribution in [0.3, 0.4) is 0 Å². The van der Waals surface area contributed by atoms with E-state index in [0.29, 0.717) is 12.0 Å². The Labute approximate surface area is 111 Å². The van der Waals surface area contributed by atoms with Crippen LogP contribution in [0.4, 0.5) is 0 Å². The van der Waals surface area contributed by atoms with Gasteiger partial charge in [-0.2, -0.15) is 0 Å². The first-order valence-electron chi connectivity index (χ1n) is 6.55. The third kappa shape index (κ3) is 4.78. The number of hydrogen-bond acceptors (Lipinski definition) is 1. The molecule has 0 saturated heterocycles. The summed E-state index contributed by atoms with van der Waals surface area (Å²) in [5.41, 5.74) is 2.56. The molecule has 100 valence electrons. The van der Waals surface area contributed by atoms with E-state index in [0.717, 1.165) is 12.5 Å². The molecule has 0 saturated carbocycles. The second-order valence-corrected chi connectivity index (χ2v) is 5.09. The number of aryl methyl sites for hydroxylation is 1. The van der Waals surface area contributed by atoms with Gasteiger partial charge in [-0.05, 0) is 25.3 Å². The van der Waals surface area contributed by atoms with Gasteiger partial charge in [-0.25, -0.2) is 0 Å². The van der Waals surface area contributed by atoms with Crippen molar-refractivity contribution in [3.8, 4) is 0 Å². The maximum absolute atomic E-state index is 4.24. The van der Waals surface area contributed by atoms with Crippen LogP contribution in [0.2, 0.25) is 0 Å².